The Morgan fingerprint density at radius 3 is 2.13 bits per heavy atom. The van der Waals surface area contributed by atoms with Gasteiger partial charge in [-0.3, -0.25) is 13.9 Å². The highest BCUT2D eigenvalue weighted by Gasteiger charge is 2.32. The summed E-state index contributed by atoms with van der Waals surface area (Å²) >= 11 is 12.3. The summed E-state index contributed by atoms with van der Waals surface area (Å²) in [4.78, 5) is 28.3. The summed E-state index contributed by atoms with van der Waals surface area (Å²) in [5, 5.41) is 3.50. The Kier molecular flexibility index (Phi) is 10.0. The molecule has 208 valence electrons. The molecular weight excluding hydrogens is 557 g/mol. The van der Waals surface area contributed by atoms with E-state index in [2.05, 4.69) is 5.32 Å². The van der Waals surface area contributed by atoms with Gasteiger partial charge in [-0.1, -0.05) is 53.5 Å². The van der Waals surface area contributed by atoms with Crippen molar-refractivity contribution in [1.82, 2.24) is 10.2 Å². The van der Waals surface area contributed by atoms with E-state index in [0.29, 0.717) is 21.3 Å². The van der Waals surface area contributed by atoms with Crippen molar-refractivity contribution in [2.75, 3.05) is 10.8 Å². The molecule has 2 amide bonds. The molecule has 10 heteroatoms. The standard InChI is InChI=1S/C29H33Cl2N3O4S/c1-19(2)32-29(36)22(5)33(17-23-12-14-26(30)27(31)16-23)28(35)18-34(24-13-11-20(3)21(4)15-24)39(37,38)25-9-7-6-8-10-25/h6-16,19,22H,17-18H2,1-5H3,(H,32,36)/t22-/m0/s1. The number of anilines is 1. The molecule has 0 spiro atoms. The fourth-order valence-electron chi connectivity index (χ4n) is 3.95. The molecule has 0 heterocycles. The fraction of sp³-hybridized carbons (Fsp3) is 0.310. The van der Waals surface area contributed by atoms with Crippen LogP contribution in [0.4, 0.5) is 5.69 Å². The maximum absolute atomic E-state index is 13.9. The molecule has 0 aliphatic heterocycles. The largest absolute Gasteiger partial charge is 0.352 e. The minimum absolute atomic E-state index is 0.0224. The van der Waals surface area contributed by atoms with Crippen molar-refractivity contribution in [2.24, 2.45) is 0 Å². The van der Waals surface area contributed by atoms with Gasteiger partial charge in [0, 0.05) is 12.6 Å². The lowest BCUT2D eigenvalue weighted by molar-refractivity contribution is -0.139. The van der Waals surface area contributed by atoms with Crippen LogP contribution in [0.3, 0.4) is 0 Å². The van der Waals surface area contributed by atoms with Gasteiger partial charge in [0.2, 0.25) is 11.8 Å². The summed E-state index contributed by atoms with van der Waals surface area (Å²) in [6.45, 7) is 8.57. The molecule has 0 saturated heterocycles. The van der Waals surface area contributed by atoms with Crippen molar-refractivity contribution in [3.05, 3.63) is 93.5 Å². The molecule has 1 atom stereocenters. The average Bonchev–Trinajstić information content (AvgIpc) is 2.89. The van der Waals surface area contributed by atoms with Gasteiger partial charge in [0.05, 0.1) is 20.6 Å². The Morgan fingerprint density at radius 1 is 0.872 bits per heavy atom. The molecule has 0 radical (unpaired) electrons. The monoisotopic (exact) mass is 589 g/mol. The van der Waals surface area contributed by atoms with Crippen LogP contribution in [0.1, 0.15) is 37.5 Å². The third-order valence-corrected chi connectivity index (χ3v) is 8.85. The number of halogens is 2. The Balaban J connectivity index is 2.06. The molecule has 1 N–H and O–H groups in total. The highest BCUT2D eigenvalue weighted by Crippen LogP contribution is 2.27. The van der Waals surface area contributed by atoms with Gasteiger partial charge < -0.3 is 10.2 Å². The van der Waals surface area contributed by atoms with Crippen molar-refractivity contribution in [2.45, 2.75) is 58.1 Å². The Morgan fingerprint density at radius 2 is 1.54 bits per heavy atom. The molecule has 0 bridgehead atoms. The van der Waals surface area contributed by atoms with Crippen molar-refractivity contribution in [3.63, 3.8) is 0 Å². The van der Waals surface area contributed by atoms with Crippen molar-refractivity contribution < 1.29 is 18.0 Å². The van der Waals surface area contributed by atoms with E-state index in [0.717, 1.165) is 15.4 Å². The number of rotatable bonds is 10. The van der Waals surface area contributed by atoms with E-state index >= 15 is 0 Å². The van der Waals surface area contributed by atoms with Crippen LogP contribution in [0.25, 0.3) is 0 Å². The van der Waals surface area contributed by atoms with Crippen LogP contribution in [0.2, 0.25) is 10.0 Å². The summed E-state index contributed by atoms with van der Waals surface area (Å²) in [7, 11) is -4.12. The smallest absolute Gasteiger partial charge is 0.264 e. The Bertz CT molecular complexity index is 1450. The van der Waals surface area contributed by atoms with Gasteiger partial charge in [0.25, 0.3) is 10.0 Å². The zero-order valence-corrected chi connectivity index (χ0v) is 24.9. The van der Waals surface area contributed by atoms with Crippen molar-refractivity contribution in [1.29, 1.82) is 0 Å². The third kappa shape index (κ3) is 7.53. The summed E-state index contributed by atoms with van der Waals surface area (Å²) < 4.78 is 28.7. The third-order valence-electron chi connectivity index (χ3n) is 6.32. The van der Waals surface area contributed by atoms with Crippen LogP contribution < -0.4 is 9.62 Å². The second kappa shape index (κ2) is 12.9. The molecule has 7 nitrogen and oxygen atoms in total. The number of benzene rings is 3. The van der Waals surface area contributed by atoms with Crippen molar-refractivity contribution >= 4 is 50.7 Å². The van der Waals surface area contributed by atoms with Gasteiger partial charge in [0.1, 0.15) is 12.6 Å². The Labute approximate surface area is 240 Å². The maximum atomic E-state index is 13.9. The number of aryl methyl sites for hydroxylation is 2. The predicted octanol–water partition coefficient (Wildman–Crippen LogP) is 5.75. The number of amides is 2. The number of carbonyl (C=O) groups excluding carboxylic acids is 2. The molecule has 0 unspecified atom stereocenters. The highest BCUT2D eigenvalue weighted by atomic mass is 35.5. The quantitative estimate of drug-likeness (QED) is 0.326. The second-order valence-electron chi connectivity index (χ2n) is 9.70. The maximum Gasteiger partial charge on any atom is 0.264 e. The van der Waals surface area contributed by atoms with Gasteiger partial charge in [0.15, 0.2) is 0 Å². The number of carbonyl (C=O) groups is 2. The number of hydrogen-bond acceptors (Lipinski definition) is 4. The molecule has 3 rings (SSSR count). The molecule has 3 aromatic carbocycles. The van der Waals surface area contributed by atoms with Crippen LogP contribution in [0.15, 0.2) is 71.6 Å². The molecule has 3 aromatic rings. The van der Waals surface area contributed by atoms with Crippen LogP contribution >= 0.6 is 23.2 Å². The van der Waals surface area contributed by atoms with Crippen LogP contribution in [-0.2, 0) is 26.2 Å². The number of nitrogens with zero attached hydrogens (tertiary/aromatic N) is 2. The first-order valence-electron chi connectivity index (χ1n) is 12.5. The molecular formula is C29H33Cl2N3O4S. The topological polar surface area (TPSA) is 86.8 Å². The van der Waals surface area contributed by atoms with Gasteiger partial charge in [-0.05, 0) is 87.7 Å². The van der Waals surface area contributed by atoms with E-state index in [9.17, 15) is 18.0 Å². The molecule has 0 aromatic heterocycles. The first-order valence-corrected chi connectivity index (χ1v) is 14.7. The highest BCUT2D eigenvalue weighted by molar-refractivity contribution is 7.92. The van der Waals surface area contributed by atoms with E-state index in [1.54, 1.807) is 55.5 Å². The van der Waals surface area contributed by atoms with E-state index in [-0.39, 0.29) is 23.4 Å². The lowest BCUT2D eigenvalue weighted by atomic mass is 10.1. The fourth-order valence-corrected chi connectivity index (χ4v) is 5.70. The van der Waals surface area contributed by atoms with Gasteiger partial charge in [-0.2, -0.15) is 0 Å². The molecule has 39 heavy (non-hydrogen) atoms. The first kappa shape index (κ1) is 30.5. The Hall–Kier alpha value is -3.07. The predicted molar refractivity (Wildman–Crippen MR) is 157 cm³/mol. The summed E-state index contributed by atoms with van der Waals surface area (Å²) in [6.07, 6.45) is 0. The van der Waals surface area contributed by atoms with E-state index in [1.807, 2.05) is 33.8 Å². The van der Waals surface area contributed by atoms with Gasteiger partial charge in [-0.25, -0.2) is 8.42 Å². The number of sulfonamides is 1. The summed E-state index contributed by atoms with van der Waals surface area (Å²) in [5.41, 5.74) is 2.86. The lowest BCUT2D eigenvalue weighted by Gasteiger charge is -2.32. The SMILES string of the molecule is Cc1ccc(N(CC(=O)N(Cc2ccc(Cl)c(Cl)c2)[C@@H](C)C(=O)NC(C)C)S(=O)(=O)c2ccccc2)cc1C. The minimum atomic E-state index is -4.12. The molecule has 0 aliphatic rings. The normalized spacial score (nSPS) is 12.2. The van der Waals surface area contributed by atoms with E-state index in [4.69, 9.17) is 23.2 Å². The minimum Gasteiger partial charge on any atom is -0.352 e. The lowest BCUT2D eigenvalue weighted by Crippen LogP contribution is -2.52. The molecule has 0 fully saturated rings. The number of hydrogen-bond donors (Lipinski definition) is 1. The summed E-state index contributed by atoms with van der Waals surface area (Å²) in [5.74, 6) is -0.910. The van der Waals surface area contributed by atoms with Gasteiger partial charge >= 0.3 is 0 Å². The first-order chi connectivity index (χ1) is 18.3. The van der Waals surface area contributed by atoms with Crippen molar-refractivity contribution in [3.8, 4) is 0 Å². The van der Waals surface area contributed by atoms with Crippen LogP contribution in [-0.4, -0.2) is 43.8 Å². The second-order valence-corrected chi connectivity index (χ2v) is 12.4. The van der Waals surface area contributed by atoms with E-state index < -0.39 is 28.5 Å². The van der Waals surface area contributed by atoms with Gasteiger partial charge in [-0.15, -0.1) is 0 Å². The zero-order valence-electron chi connectivity index (χ0n) is 22.6. The average molecular weight is 591 g/mol. The van der Waals surface area contributed by atoms with E-state index in [1.165, 1.54) is 17.0 Å². The zero-order chi connectivity index (χ0) is 28.9. The number of nitrogens with one attached hydrogen (secondary N) is 1. The molecule has 0 aliphatic carbocycles. The molecule has 0 saturated carbocycles. The van der Waals surface area contributed by atoms with Crippen LogP contribution in [0.5, 0.6) is 0 Å². The summed E-state index contributed by atoms with van der Waals surface area (Å²) in [6, 6.07) is 17.1. The van der Waals surface area contributed by atoms with Crippen LogP contribution in [0, 0.1) is 13.8 Å².